The summed E-state index contributed by atoms with van der Waals surface area (Å²) in [6, 6.07) is 8.49. The van der Waals surface area contributed by atoms with Gasteiger partial charge in [-0.1, -0.05) is 24.8 Å². The van der Waals surface area contributed by atoms with Gasteiger partial charge in [0.1, 0.15) is 12.1 Å². The van der Waals surface area contributed by atoms with Crippen molar-refractivity contribution in [2.45, 2.75) is 0 Å². The lowest BCUT2D eigenvalue weighted by atomic mass is 10.3. The van der Waals surface area contributed by atoms with Gasteiger partial charge >= 0.3 is 6.09 Å². The van der Waals surface area contributed by atoms with Gasteiger partial charge in [-0.25, -0.2) is 4.79 Å². The zero-order chi connectivity index (χ0) is 11.8. The van der Waals surface area contributed by atoms with Gasteiger partial charge in [0.2, 0.25) is 5.91 Å². The molecule has 0 aliphatic rings. The zero-order valence-corrected chi connectivity index (χ0v) is 8.42. The Labute approximate surface area is 92.4 Å². The molecule has 1 aromatic rings. The third-order valence-corrected chi connectivity index (χ3v) is 1.51. The molecule has 16 heavy (non-hydrogen) atoms. The number of amides is 2. The summed E-state index contributed by atoms with van der Waals surface area (Å²) < 4.78 is 4.82. The van der Waals surface area contributed by atoms with Gasteiger partial charge in [-0.05, 0) is 18.2 Å². The Hall–Kier alpha value is -2.43. The van der Waals surface area contributed by atoms with E-state index in [0.717, 1.165) is 12.4 Å². The molecular weight excluding hydrogens is 208 g/mol. The summed E-state index contributed by atoms with van der Waals surface area (Å²) in [4.78, 5) is 25.1. The number of ether oxygens (including phenoxy) is 1. The minimum Gasteiger partial charge on any atom is -0.409 e. The molecular formula is C11H10N2O3. The summed E-state index contributed by atoms with van der Waals surface area (Å²) in [5.74, 6) is -0.0593. The van der Waals surface area contributed by atoms with E-state index in [1.807, 2.05) is 0 Å². The van der Waals surface area contributed by atoms with E-state index in [0.29, 0.717) is 5.75 Å². The molecule has 1 rings (SSSR count). The molecule has 0 aliphatic carbocycles. The maximum absolute atomic E-state index is 11.1. The highest BCUT2D eigenvalue weighted by molar-refractivity contribution is 5.97. The Bertz CT molecular complexity index is 412. The highest BCUT2D eigenvalue weighted by Crippen LogP contribution is 2.08. The molecule has 0 bridgehead atoms. The first kappa shape index (κ1) is 11.6. The molecule has 0 spiro atoms. The highest BCUT2D eigenvalue weighted by Gasteiger charge is 1.99. The molecule has 1 N–H and O–H groups in total. The van der Waals surface area contributed by atoms with Gasteiger partial charge in [-0.3, -0.25) is 4.79 Å². The third kappa shape index (κ3) is 4.19. The fourth-order valence-corrected chi connectivity index (χ4v) is 0.823. The maximum Gasteiger partial charge on any atom is 0.440 e. The Morgan fingerprint density at radius 2 is 2.00 bits per heavy atom. The molecule has 0 radical (unpaired) electrons. The minimum atomic E-state index is -0.810. The van der Waals surface area contributed by atoms with Crippen LogP contribution in [-0.2, 0) is 4.79 Å². The Balaban J connectivity index is 2.42. The molecule has 0 saturated carbocycles. The van der Waals surface area contributed by atoms with Crippen molar-refractivity contribution in [3.05, 3.63) is 43.0 Å². The molecule has 0 unspecified atom stereocenters. The van der Waals surface area contributed by atoms with E-state index in [4.69, 9.17) is 4.74 Å². The average Bonchev–Trinajstić information content (AvgIpc) is 2.30. The van der Waals surface area contributed by atoms with E-state index in [1.165, 1.54) is 0 Å². The Morgan fingerprint density at radius 3 is 2.62 bits per heavy atom. The van der Waals surface area contributed by atoms with Crippen LogP contribution in [-0.4, -0.2) is 18.3 Å². The van der Waals surface area contributed by atoms with Gasteiger partial charge in [0, 0.05) is 0 Å². The quantitative estimate of drug-likeness (QED) is 0.475. The van der Waals surface area contributed by atoms with Crippen LogP contribution in [0.15, 0.2) is 48.0 Å². The van der Waals surface area contributed by atoms with Gasteiger partial charge in [-0.15, -0.1) is 0 Å². The largest absolute Gasteiger partial charge is 0.440 e. The second-order valence-electron chi connectivity index (χ2n) is 2.65. The number of para-hydroxylation sites is 1. The molecule has 5 nitrogen and oxygen atoms in total. The molecule has 2 amide bonds. The lowest BCUT2D eigenvalue weighted by Crippen LogP contribution is -2.19. The number of aliphatic imine (C=N–C) groups is 1. The molecule has 0 aromatic heterocycles. The molecule has 0 atom stereocenters. The van der Waals surface area contributed by atoms with E-state index >= 15 is 0 Å². The smallest absolute Gasteiger partial charge is 0.409 e. The Morgan fingerprint density at radius 1 is 1.31 bits per heavy atom. The zero-order valence-electron chi connectivity index (χ0n) is 8.42. The average molecular weight is 218 g/mol. The number of rotatable bonds is 3. The summed E-state index contributed by atoms with van der Waals surface area (Å²) in [6.07, 6.45) is 1.21. The first-order valence-corrected chi connectivity index (χ1v) is 4.44. The van der Waals surface area contributed by atoms with E-state index in [1.54, 1.807) is 30.3 Å². The minimum absolute atomic E-state index is 0.389. The number of nitrogens with zero attached hydrogens (tertiary/aromatic N) is 1. The topological polar surface area (TPSA) is 67.8 Å². The molecule has 0 heterocycles. The van der Waals surface area contributed by atoms with Crippen LogP contribution in [0.5, 0.6) is 5.75 Å². The summed E-state index contributed by atoms with van der Waals surface area (Å²) >= 11 is 0. The van der Waals surface area contributed by atoms with Crippen molar-refractivity contribution in [3.63, 3.8) is 0 Å². The maximum atomic E-state index is 11.1. The van der Waals surface area contributed by atoms with Crippen LogP contribution >= 0.6 is 0 Å². The van der Waals surface area contributed by atoms with E-state index in [2.05, 4.69) is 16.9 Å². The van der Waals surface area contributed by atoms with Crippen molar-refractivity contribution < 1.29 is 14.3 Å². The highest BCUT2D eigenvalue weighted by atomic mass is 16.5. The lowest BCUT2D eigenvalue weighted by molar-refractivity contribution is -0.115. The van der Waals surface area contributed by atoms with Crippen molar-refractivity contribution in [3.8, 4) is 5.75 Å². The predicted octanol–water partition coefficient (Wildman–Crippen LogP) is 1.52. The second-order valence-corrected chi connectivity index (χ2v) is 2.65. The number of benzene rings is 1. The van der Waals surface area contributed by atoms with Gasteiger partial charge in [-0.2, -0.15) is 4.99 Å². The first-order chi connectivity index (χ1) is 7.72. The summed E-state index contributed by atoms with van der Waals surface area (Å²) in [6.45, 7) is 3.24. The molecule has 82 valence electrons. The van der Waals surface area contributed by atoms with E-state index in [9.17, 15) is 9.59 Å². The molecule has 0 aliphatic heterocycles. The summed E-state index contributed by atoms with van der Waals surface area (Å²) in [5, 5.41) is 2.20. The van der Waals surface area contributed by atoms with E-state index < -0.39 is 12.0 Å². The van der Waals surface area contributed by atoms with Gasteiger partial charge < -0.3 is 10.1 Å². The lowest BCUT2D eigenvalue weighted by Gasteiger charge is -1.98. The number of nitrogens with one attached hydrogen (secondary N) is 1. The van der Waals surface area contributed by atoms with Crippen LogP contribution < -0.4 is 10.1 Å². The first-order valence-electron chi connectivity index (χ1n) is 4.44. The third-order valence-electron chi connectivity index (χ3n) is 1.51. The normalized spacial score (nSPS) is 9.75. The monoisotopic (exact) mass is 218 g/mol. The molecule has 0 saturated heterocycles. The SMILES string of the molecule is C=CC(=O)NC=NC(=O)Oc1ccccc1. The molecule has 0 fully saturated rings. The number of carbonyl (C=O) groups excluding carboxylic acids is 2. The fourth-order valence-electron chi connectivity index (χ4n) is 0.823. The summed E-state index contributed by atoms with van der Waals surface area (Å²) in [5.41, 5.74) is 0. The van der Waals surface area contributed by atoms with Gasteiger partial charge in [0.25, 0.3) is 0 Å². The molecule has 1 aromatic carbocycles. The van der Waals surface area contributed by atoms with Crippen molar-refractivity contribution in [2.24, 2.45) is 4.99 Å². The van der Waals surface area contributed by atoms with Crippen molar-refractivity contribution in [2.75, 3.05) is 0 Å². The van der Waals surface area contributed by atoms with Crippen LogP contribution in [0.2, 0.25) is 0 Å². The number of hydrogen-bond donors (Lipinski definition) is 1. The molecule has 5 heteroatoms. The van der Waals surface area contributed by atoms with Crippen LogP contribution in [0.3, 0.4) is 0 Å². The standard InChI is InChI=1S/C11H10N2O3/c1-2-10(14)12-8-13-11(15)16-9-6-4-3-5-7-9/h2-8H,1H2,(H,12,13,14,15). The summed E-state index contributed by atoms with van der Waals surface area (Å²) in [7, 11) is 0. The van der Waals surface area contributed by atoms with Gasteiger partial charge in [0.05, 0.1) is 0 Å². The van der Waals surface area contributed by atoms with Crippen LogP contribution in [0.1, 0.15) is 0 Å². The number of hydrogen-bond acceptors (Lipinski definition) is 3. The number of carbonyl (C=O) groups is 2. The van der Waals surface area contributed by atoms with Gasteiger partial charge in [0.15, 0.2) is 0 Å². The van der Waals surface area contributed by atoms with Crippen molar-refractivity contribution >= 4 is 18.3 Å². The fraction of sp³-hybridized carbons (Fsp3) is 0. The second kappa shape index (κ2) is 6.13. The van der Waals surface area contributed by atoms with Crippen LogP contribution in [0.25, 0.3) is 0 Å². The van der Waals surface area contributed by atoms with Crippen molar-refractivity contribution in [1.29, 1.82) is 0 Å². The predicted molar refractivity (Wildman–Crippen MR) is 59.3 cm³/mol. The Kier molecular flexibility index (Phi) is 4.46. The van der Waals surface area contributed by atoms with Crippen molar-refractivity contribution in [1.82, 2.24) is 5.32 Å². The van der Waals surface area contributed by atoms with Crippen LogP contribution in [0.4, 0.5) is 4.79 Å². The van der Waals surface area contributed by atoms with Crippen LogP contribution in [0, 0.1) is 0 Å². The van der Waals surface area contributed by atoms with E-state index in [-0.39, 0.29) is 0 Å².